The van der Waals surface area contributed by atoms with Crippen LogP contribution >= 0.6 is 0 Å². The first-order chi connectivity index (χ1) is 7.13. The van der Waals surface area contributed by atoms with Gasteiger partial charge in [-0.1, -0.05) is 25.5 Å². The molecule has 4 atom stereocenters. The van der Waals surface area contributed by atoms with E-state index in [2.05, 4.69) is 26.5 Å². The van der Waals surface area contributed by atoms with Crippen LogP contribution in [0.1, 0.15) is 39.5 Å². The van der Waals surface area contributed by atoms with Crippen molar-refractivity contribution >= 4 is 0 Å². The molecule has 0 saturated heterocycles. The minimum absolute atomic E-state index is 0.172. The molecule has 0 aromatic rings. The summed E-state index contributed by atoms with van der Waals surface area (Å²) in [7, 11) is 0. The van der Waals surface area contributed by atoms with E-state index < -0.39 is 0 Å². The summed E-state index contributed by atoms with van der Waals surface area (Å²) >= 11 is 0. The van der Waals surface area contributed by atoms with Gasteiger partial charge in [0.1, 0.15) is 0 Å². The summed E-state index contributed by atoms with van der Waals surface area (Å²) in [4.78, 5) is 0. The zero-order chi connectivity index (χ0) is 11.0. The molecule has 2 aliphatic carbocycles. The molecule has 1 nitrogen and oxygen atoms in total. The fourth-order valence-corrected chi connectivity index (χ4v) is 3.04. The van der Waals surface area contributed by atoms with Crippen molar-refractivity contribution < 1.29 is 5.11 Å². The van der Waals surface area contributed by atoms with Crippen LogP contribution in [0.5, 0.6) is 0 Å². The number of aliphatic hydroxyl groups excluding tert-OH is 1. The van der Waals surface area contributed by atoms with Gasteiger partial charge in [-0.3, -0.25) is 0 Å². The van der Waals surface area contributed by atoms with Gasteiger partial charge in [-0.25, -0.2) is 0 Å². The topological polar surface area (TPSA) is 20.2 Å². The summed E-state index contributed by atoms with van der Waals surface area (Å²) < 4.78 is 0. The molecular formula is C14H22O. The highest BCUT2D eigenvalue weighted by Gasteiger charge is 2.34. The van der Waals surface area contributed by atoms with Crippen LogP contribution in [-0.2, 0) is 0 Å². The largest absolute Gasteiger partial charge is 0.388 e. The third kappa shape index (κ3) is 1.90. The predicted molar refractivity (Wildman–Crippen MR) is 63.5 cm³/mol. The second-order valence-electron chi connectivity index (χ2n) is 5.35. The second kappa shape index (κ2) is 4.13. The summed E-state index contributed by atoms with van der Waals surface area (Å²) in [6, 6.07) is 0. The average Bonchev–Trinajstić information content (AvgIpc) is 2.25. The fourth-order valence-electron chi connectivity index (χ4n) is 3.04. The molecule has 0 aliphatic heterocycles. The van der Waals surface area contributed by atoms with E-state index in [4.69, 9.17) is 0 Å². The molecule has 0 radical (unpaired) electrons. The van der Waals surface area contributed by atoms with Crippen molar-refractivity contribution in [3.8, 4) is 0 Å². The van der Waals surface area contributed by atoms with Crippen LogP contribution in [0.2, 0.25) is 0 Å². The maximum Gasteiger partial charge on any atom is 0.0780 e. The average molecular weight is 206 g/mol. The molecule has 0 aromatic heterocycles. The minimum Gasteiger partial charge on any atom is -0.388 e. The van der Waals surface area contributed by atoms with Crippen molar-refractivity contribution in [2.45, 2.75) is 45.6 Å². The number of hydrogen-bond donors (Lipinski definition) is 1. The molecule has 1 N–H and O–H groups in total. The lowest BCUT2D eigenvalue weighted by Gasteiger charge is -2.39. The molecular weight excluding hydrogens is 184 g/mol. The van der Waals surface area contributed by atoms with Gasteiger partial charge >= 0.3 is 0 Å². The summed E-state index contributed by atoms with van der Waals surface area (Å²) in [5.74, 6) is 1.71. The highest BCUT2D eigenvalue weighted by molar-refractivity contribution is 5.27. The van der Waals surface area contributed by atoms with E-state index in [1.807, 2.05) is 0 Å². The Kier molecular flexibility index (Phi) is 3.01. The van der Waals surface area contributed by atoms with Crippen LogP contribution in [0.25, 0.3) is 0 Å². The number of allylic oxidation sites excluding steroid dienone is 2. The van der Waals surface area contributed by atoms with E-state index in [0.29, 0.717) is 17.8 Å². The monoisotopic (exact) mass is 206 g/mol. The maximum absolute atomic E-state index is 10.2. The summed E-state index contributed by atoms with van der Waals surface area (Å²) in [6.45, 7) is 8.33. The zero-order valence-electron chi connectivity index (χ0n) is 9.87. The van der Waals surface area contributed by atoms with E-state index in [9.17, 15) is 5.11 Å². The third-order valence-corrected chi connectivity index (χ3v) is 4.40. The van der Waals surface area contributed by atoms with E-state index in [1.54, 1.807) is 0 Å². The quantitative estimate of drug-likeness (QED) is 0.653. The second-order valence-corrected chi connectivity index (χ2v) is 5.35. The maximum atomic E-state index is 10.2. The highest BCUT2D eigenvalue weighted by atomic mass is 16.3. The Balaban J connectivity index is 2.22. The summed E-state index contributed by atoms with van der Waals surface area (Å²) in [5.41, 5.74) is 2.89. The lowest BCUT2D eigenvalue weighted by molar-refractivity contribution is 0.0969. The molecule has 15 heavy (non-hydrogen) atoms. The van der Waals surface area contributed by atoms with Gasteiger partial charge in [0.15, 0.2) is 0 Å². The molecule has 0 bridgehead atoms. The van der Waals surface area contributed by atoms with Gasteiger partial charge in [0.05, 0.1) is 6.10 Å². The first kappa shape index (κ1) is 10.9. The zero-order valence-corrected chi connectivity index (χ0v) is 9.87. The highest BCUT2D eigenvalue weighted by Crippen LogP contribution is 2.42. The minimum atomic E-state index is -0.172. The molecule has 0 amide bonds. The summed E-state index contributed by atoms with van der Waals surface area (Å²) in [6.07, 6.45) is 6.52. The Morgan fingerprint density at radius 1 is 1.33 bits per heavy atom. The van der Waals surface area contributed by atoms with Crippen LogP contribution < -0.4 is 0 Å². The van der Waals surface area contributed by atoms with E-state index in [0.717, 1.165) is 12.8 Å². The van der Waals surface area contributed by atoms with Crippen LogP contribution in [0.4, 0.5) is 0 Å². The van der Waals surface area contributed by atoms with Gasteiger partial charge in [-0.2, -0.15) is 0 Å². The third-order valence-electron chi connectivity index (χ3n) is 4.40. The molecule has 84 valence electrons. The smallest absolute Gasteiger partial charge is 0.0780 e. The SMILES string of the molecule is C=CC1CCC2=C(C1)CC(C)C(C)C2O. The first-order valence-electron chi connectivity index (χ1n) is 6.15. The molecule has 0 aromatic carbocycles. The van der Waals surface area contributed by atoms with Crippen LogP contribution in [0.15, 0.2) is 23.8 Å². The fraction of sp³-hybridized carbons (Fsp3) is 0.714. The van der Waals surface area contributed by atoms with Gasteiger partial charge in [0, 0.05) is 0 Å². The van der Waals surface area contributed by atoms with Crippen LogP contribution in [0.3, 0.4) is 0 Å². The Morgan fingerprint density at radius 3 is 2.73 bits per heavy atom. The lowest BCUT2D eigenvalue weighted by Crippen LogP contribution is -2.33. The molecule has 0 heterocycles. The molecule has 2 rings (SSSR count). The summed E-state index contributed by atoms with van der Waals surface area (Å²) in [5, 5.41) is 10.2. The van der Waals surface area contributed by atoms with E-state index >= 15 is 0 Å². The lowest BCUT2D eigenvalue weighted by atomic mass is 9.69. The number of aliphatic hydroxyl groups is 1. The van der Waals surface area contributed by atoms with Crippen molar-refractivity contribution in [3.05, 3.63) is 23.8 Å². The normalized spacial score (nSPS) is 41.3. The van der Waals surface area contributed by atoms with E-state index in [1.165, 1.54) is 24.0 Å². The molecule has 0 fully saturated rings. The molecule has 0 saturated carbocycles. The van der Waals surface area contributed by atoms with Gasteiger partial charge in [0.2, 0.25) is 0 Å². The standard InChI is InChI=1S/C14H22O/c1-4-11-5-6-13-12(8-11)7-9(2)10(3)14(13)15/h4,9-11,14-15H,1,5-8H2,2-3H3. The molecule has 1 heteroatoms. The van der Waals surface area contributed by atoms with Gasteiger partial charge < -0.3 is 5.11 Å². The number of rotatable bonds is 1. The van der Waals surface area contributed by atoms with Crippen LogP contribution in [-0.4, -0.2) is 11.2 Å². The molecule has 2 aliphatic rings. The van der Waals surface area contributed by atoms with Gasteiger partial charge in [0.25, 0.3) is 0 Å². The van der Waals surface area contributed by atoms with Crippen molar-refractivity contribution in [1.29, 1.82) is 0 Å². The Morgan fingerprint density at radius 2 is 2.07 bits per heavy atom. The Labute approximate surface area is 92.9 Å². The van der Waals surface area contributed by atoms with Crippen molar-refractivity contribution in [3.63, 3.8) is 0 Å². The number of hydrogen-bond acceptors (Lipinski definition) is 1. The van der Waals surface area contributed by atoms with Crippen molar-refractivity contribution in [1.82, 2.24) is 0 Å². The molecule has 4 unspecified atom stereocenters. The van der Waals surface area contributed by atoms with E-state index in [-0.39, 0.29) is 6.10 Å². The van der Waals surface area contributed by atoms with Crippen molar-refractivity contribution in [2.24, 2.45) is 17.8 Å². The molecule has 0 spiro atoms. The first-order valence-corrected chi connectivity index (χ1v) is 6.15. The van der Waals surface area contributed by atoms with Crippen molar-refractivity contribution in [2.75, 3.05) is 0 Å². The predicted octanol–water partition coefficient (Wildman–Crippen LogP) is 3.31. The Hall–Kier alpha value is -0.560. The van der Waals surface area contributed by atoms with Crippen LogP contribution in [0, 0.1) is 17.8 Å². The Bertz CT molecular complexity index is 290. The van der Waals surface area contributed by atoms with Gasteiger partial charge in [-0.15, -0.1) is 6.58 Å². The van der Waals surface area contributed by atoms with Gasteiger partial charge in [-0.05, 0) is 49.0 Å².